The molecule has 1 heterocycles. The Balaban J connectivity index is 1.72. The van der Waals surface area contributed by atoms with Crippen LogP contribution < -0.4 is 5.32 Å². The minimum absolute atomic E-state index is 0.402. The highest BCUT2D eigenvalue weighted by Gasteiger charge is 2.22. The Labute approximate surface area is 110 Å². The smallest absolute Gasteiger partial charge is 0.0410 e. The average Bonchev–Trinajstić information content (AvgIpc) is 2.64. The zero-order valence-corrected chi connectivity index (χ0v) is 11.5. The van der Waals surface area contributed by atoms with Crippen LogP contribution >= 0.6 is 27.5 Å². The van der Waals surface area contributed by atoms with Crippen LogP contribution in [0.1, 0.15) is 24.8 Å². The number of hydrogen-bond acceptors (Lipinski definition) is 2. The van der Waals surface area contributed by atoms with E-state index in [-0.39, 0.29) is 0 Å². The van der Waals surface area contributed by atoms with Crippen molar-refractivity contribution in [2.45, 2.75) is 31.2 Å². The molecule has 1 aromatic heterocycles. The molecule has 2 nitrogen and oxygen atoms in total. The second-order valence-electron chi connectivity index (χ2n) is 4.42. The lowest BCUT2D eigenvalue weighted by Crippen LogP contribution is -2.21. The van der Waals surface area contributed by atoms with E-state index in [0.717, 1.165) is 29.9 Å². The summed E-state index contributed by atoms with van der Waals surface area (Å²) in [5.41, 5.74) is 1.22. The molecule has 1 fully saturated rings. The SMILES string of the molecule is ClC1CCC(CNCc2cncc(Br)c2)C1. The molecule has 0 spiro atoms. The molecular formula is C12H16BrClN2. The van der Waals surface area contributed by atoms with Gasteiger partial charge >= 0.3 is 0 Å². The molecule has 4 heteroatoms. The van der Waals surface area contributed by atoms with Crippen molar-refractivity contribution in [3.8, 4) is 0 Å². The van der Waals surface area contributed by atoms with E-state index in [0.29, 0.717) is 5.38 Å². The van der Waals surface area contributed by atoms with Gasteiger partial charge in [-0.3, -0.25) is 4.98 Å². The van der Waals surface area contributed by atoms with Crippen molar-refractivity contribution in [1.82, 2.24) is 10.3 Å². The van der Waals surface area contributed by atoms with Crippen LogP contribution in [0.5, 0.6) is 0 Å². The first-order chi connectivity index (χ1) is 7.74. The highest BCUT2D eigenvalue weighted by molar-refractivity contribution is 9.10. The molecule has 1 aliphatic carbocycles. The molecule has 2 unspecified atom stereocenters. The molecule has 2 atom stereocenters. The standard InChI is InChI=1S/C12H16BrClN2/c13-11-3-10(7-16-8-11)6-15-5-9-1-2-12(14)4-9/h3,7-9,12,15H,1-2,4-6H2. The summed E-state index contributed by atoms with van der Waals surface area (Å²) < 4.78 is 1.04. The Hall–Kier alpha value is -0.120. The Kier molecular flexibility index (Phi) is 4.62. The van der Waals surface area contributed by atoms with Gasteiger partial charge in [0.15, 0.2) is 0 Å². The summed E-state index contributed by atoms with van der Waals surface area (Å²) in [7, 11) is 0. The quantitative estimate of drug-likeness (QED) is 0.863. The normalized spacial score (nSPS) is 24.9. The molecule has 0 amide bonds. The monoisotopic (exact) mass is 302 g/mol. The summed E-state index contributed by atoms with van der Waals surface area (Å²) in [6.07, 6.45) is 7.30. The Morgan fingerprint density at radius 3 is 3.00 bits per heavy atom. The van der Waals surface area contributed by atoms with Crippen LogP contribution in [0.2, 0.25) is 0 Å². The predicted molar refractivity (Wildman–Crippen MR) is 70.6 cm³/mol. The van der Waals surface area contributed by atoms with Crippen LogP contribution in [-0.2, 0) is 6.54 Å². The number of pyridine rings is 1. The second kappa shape index (κ2) is 5.99. The van der Waals surface area contributed by atoms with Crippen LogP contribution in [0.3, 0.4) is 0 Å². The molecule has 1 N–H and O–H groups in total. The molecule has 1 saturated carbocycles. The van der Waals surface area contributed by atoms with E-state index >= 15 is 0 Å². The van der Waals surface area contributed by atoms with Crippen molar-refractivity contribution < 1.29 is 0 Å². The molecular weight excluding hydrogens is 288 g/mol. The van der Waals surface area contributed by atoms with Gasteiger partial charge < -0.3 is 5.32 Å². The molecule has 0 aromatic carbocycles. The van der Waals surface area contributed by atoms with Gasteiger partial charge in [-0.25, -0.2) is 0 Å². The topological polar surface area (TPSA) is 24.9 Å². The average molecular weight is 304 g/mol. The molecule has 0 radical (unpaired) electrons. The van der Waals surface area contributed by atoms with Gasteiger partial charge in [0.2, 0.25) is 0 Å². The maximum Gasteiger partial charge on any atom is 0.0410 e. The summed E-state index contributed by atoms with van der Waals surface area (Å²) >= 11 is 9.50. The number of alkyl halides is 1. The lowest BCUT2D eigenvalue weighted by atomic mass is 10.1. The maximum atomic E-state index is 6.08. The third-order valence-corrected chi connectivity index (χ3v) is 3.83. The largest absolute Gasteiger partial charge is 0.312 e. The van der Waals surface area contributed by atoms with Crippen molar-refractivity contribution in [3.63, 3.8) is 0 Å². The van der Waals surface area contributed by atoms with E-state index in [2.05, 4.69) is 32.3 Å². The zero-order valence-electron chi connectivity index (χ0n) is 9.13. The molecule has 1 aromatic rings. The van der Waals surface area contributed by atoms with Crippen molar-refractivity contribution in [2.24, 2.45) is 5.92 Å². The van der Waals surface area contributed by atoms with Gasteiger partial charge in [-0.2, -0.15) is 0 Å². The Morgan fingerprint density at radius 1 is 1.44 bits per heavy atom. The minimum atomic E-state index is 0.402. The lowest BCUT2D eigenvalue weighted by molar-refractivity contribution is 0.489. The molecule has 2 rings (SSSR count). The fraction of sp³-hybridized carbons (Fsp3) is 0.583. The summed E-state index contributed by atoms with van der Waals surface area (Å²) in [5, 5.41) is 3.87. The van der Waals surface area contributed by atoms with E-state index in [9.17, 15) is 0 Å². The third-order valence-electron chi connectivity index (χ3n) is 3.00. The van der Waals surface area contributed by atoms with E-state index in [4.69, 9.17) is 11.6 Å². The second-order valence-corrected chi connectivity index (χ2v) is 5.95. The van der Waals surface area contributed by atoms with E-state index in [1.165, 1.54) is 18.4 Å². The summed E-state index contributed by atoms with van der Waals surface area (Å²) in [6, 6.07) is 2.10. The van der Waals surface area contributed by atoms with Gasteiger partial charge in [0.1, 0.15) is 0 Å². The summed E-state index contributed by atoms with van der Waals surface area (Å²) in [4.78, 5) is 4.14. The van der Waals surface area contributed by atoms with Crippen molar-refractivity contribution in [2.75, 3.05) is 6.54 Å². The third kappa shape index (κ3) is 3.72. The minimum Gasteiger partial charge on any atom is -0.312 e. The molecule has 0 saturated heterocycles. The molecule has 16 heavy (non-hydrogen) atoms. The number of hydrogen-bond donors (Lipinski definition) is 1. The van der Waals surface area contributed by atoms with Crippen LogP contribution in [-0.4, -0.2) is 16.9 Å². The van der Waals surface area contributed by atoms with E-state index < -0.39 is 0 Å². The van der Waals surface area contributed by atoms with E-state index in [1.807, 2.05) is 6.20 Å². The Morgan fingerprint density at radius 2 is 2.31 bits per heavy atom. The van der Waals surface area contributed by atoms with E-state index in [1.54, 1.807) is 6.20 Å². The van der Waals surface area contributed by atoms with Crippen LogP contribution in [0.25, 0.3) is 0 Å². The van der Waals surface area contributed by atoms with Crippen LogP contribution in [0.15, 0.2) is 22.9 Å². The lowest BCUT2D eigenvalue weighted by Gasteiger charge is -2.10. The van der Waals surface area contributed by atoms with Gasteiger partial charge in [-0.15, -0.1) is 11.6 Å². The highest BCUT2D eigenvalue weighted by atomic mass is 79.9. The Bertz CT molecular complexity index is 346. The van der Waals surface area contributed by atoms with Gasteiger partial charge in [0.05, 0.1) is 0 Å². The molecule has 0 aliphatic heterocycles. The number of nitrogens with zero attached hydrogens (tertiary/aromatic N) is 1. The van der Waals surface area contributed by atoms with Gasteiger partial charge in [0, 0.05) is 28.8 Å². The summed E-state index contributed by atoms with van der Waals surface area (Å²) in [5.74, 6) is 0.752. The first-order valence-corrected chi connectivity index (χ1v) is 6.91. The van der Waals surface area contributed by atoms with Gasteiger partial charge in [0.25, 0.3) is 0 Å². The molecule has 88 valence electrons. The fourth-order valence-corrected chi connectivity index (χ4v) is 2.96. The maximum absolute atomic E-state index is 6.08. The number of halogens is 2. The first-order valence-electron chi connectivity index (χ1n) is 5.68. The fourth-order valence-electron chi connectivity index (χ4n) is 2.17. The summed E-state index contributed by atoms with van der Waals surface area (Å²) in [6.45, 7) is 1.95. The zero-order chi connectivity index (χ0) is 11.4. The highest BCUT2D eigenvalue weighted by Crippen LogP contribution is 2.28. The molecule has 0 bridgehead atoms. The molecule has 1 aliphatic rings. The van der Waals surface area contributed by atoms with Crippen LogP contribution in [0.4, 0.5) is 0 Å². The van der Waals surface area contributed by atoms with Gasteiger partial charge in [-0.05, 0) is 59.3 Å². The van der Waals surface area contributed by atoms with Gasteiger partial charge in [-0.1, -0.05) is 0 Å². The van der Waals surface area contributed by atoms with Crippen molar-refractivity contribution in [3.05, 3.63) is 28.5 Å². The first kappa shape index (κ1) is 12.3. The van der Waals surface area contributed by atoms with Crippen molar-refractivity contribution >= 4 is 27.5 Å². The number of nitrogens with one attached hydrogen (secondary N) is 1. The van der Waals surface area contributed by atoms with Crippen molar-refractivity contribution in [1.29, 1.82) is 0 Å². The number of rotatable bonds is 4. The predicted octanol–water partition coefficient (Wildman–Crippen LogP) is 3.34. The van der Waals surface area contributed by atoms with Crippen LogP contribution in [0, 0.1) is 5.92 Å². The number of aromatic nitrogens is 1.